The summed E-state index contributed by atoms with van der Waals surface area (Å²) in [5.41, 5.74) is 2.26. The lowest BCUT2D eigenvalue weighted by atomic mass is 10.2. The summed E-state index contributed by atoms with van der Waals surface area (Å²) in [4.78, 5) is 32.2. The van der Waals surface area contributed by atoms with Gasteiger partial charge in [-0.3, -0.25) is 9.59 Å². The zero-order chi connectivity index (χ0) is 18.4. The molecule has 3 rings (SSSR count). The Hall–Kier alpha value is -2.77. The highest BCUT2D eigenvalue weighted by Gasteiger charge is 2.23. The first-order valence-corrected chi connectivity index (χ1v) is 11.2. The van der Waals surface area contributed by atoms with Crippen molar-refractivity contribution in [3.05, 3.63) is 71.6 Å². The molecule has 0 saturated carbocycles. The highest BCUT2D eigenvalue weighted by molar-refractivity contribution is 7.14. The van der Waals surface area contributed by atoms with Gasteiger partial charge in [0.15, 0.2) is 5.13 Å². The SMILES string of the molecule is CC[Si@H](NC(=O)c1ccccc1)C(=O)Nc1nc(-c2ccccc2)cs1. The Morgan fingerprint density at radius 2 is 1.69 bits per heavy atom. The lowest BCUT2D eigenvalue weighted by molar-refractivity contribution is 0.0979. The topological polar surface area (TPSA) is 71.1 Å². The Kier molecular flexibility index (Phi) is 5.93. The van der Waals surface area contributed by atoms with Crippen molar-refractivity contribution in [2.45, 2.75) is 13.0 Å². The van der Waals surface area contributed by atoms with Gasteiger partial charge in [0, 0.05) is 16.5 Å². The maximum atomic E-state index is 12.6. The van der Waals surface area contributed by atoms with E-state index in [-0.39, 0.29) is 11.4 Å². The standard InChI is InChI=1S/C19H19N3O2SSi/c1-2-26(22-17(23)15-11-7-4-8-12-15)19(24)21-18-20-16(13-25-18)14-9-5-3-6-10-14/h3-13,26H,2H2,1H3,(H,22,23)(H,20,21,24)/t26-/m0/s1. The predicted molar refractivity (Wildman–Crippen MR) is 108 cm³/mol. The van der Waals surface area contributed by atoms with E-state index in [1.807, 2.05) is 48.7 Å². The Morgan fingerprint density at radius 1 is 1.04 bits per heavy atom. The number of hydrogen-bond acceptors (Lipinski definition) is 4. The molecule has 0 spiro atoms. The van der Waals surface area contributed by atoms with Gasteiger partial charge in [-0.1, -0.05) is 55.5 Å². The zero-order valence-electron chi connectivity index (χ0n) is 14.3. The van der Waals surface area contributed by atoms with E-state index in [0.717, 1.165) is 11.3 Å². The summed E-state index contributed by atoms with van der Waals surface area (Å²) >= 11 is 1.38. The number of anilines is 1. The summed E-state index contributed by atoms with van der Waals surface area (Å²) < 4.78 is 0. The summed E-state index contributed by atoms with van der Waals surface area (Å²) in [5.74, 6) is -0.205. The molecule has 0 saturated heterocycles. The summed E-state index contributed by atoms with van der Waals surface area (Å²) in [7, 11) is -2.15. The molecule has 2 aromatic carbocycles. The monoisotopic (exact) mass is 381 g/mol. The van der Waals surface area contributed by atoms with Crippen LogP contribution in [-0.4, -0.2) is 25.4 Å². The van der Waals surface area contributed by atoms with E-state index in [2.05, 4.69) is 15.3 Å². The molecule has 7 heteroatoms. The van der Waals surface area contributed by atoms with Crippen LogP contribution in [0.4, 0.5) is 9.93 Å². The van der Waals surface area contributed by atoms with Gasteiger partial charge in [-0.2, -0.15) is 0 Å². The second-order valence-electron chi connectivity index (χ2n) is 5.69. The minimum absolute atomic E-state index is 0.134. The van der Waals surface area contributed by atoms with Crippen LogP contribution in [0.15, 0.2) is 66.0 Å². The molecule has 0 aliphatic heterocycles. The molecule has 132 valence electrons. The average molecular weight is 382 g/mol. The van der Waals surface area contributed by atoms with Crippen LogP contribution in [0.3, 0.4) is 0 Å². The van der Waals surface area contributed by atoms with Crippen LogP contribution in [0.1, 0.15) is 17.3 Å². The number of nitrogens with one attached hydrogen (secondary N) is 2. The van der Waals surface area contributed by atoms with E-state index < -0.39 is 8.96 Å². The quantitative estimate of drug-likeness (QED) is 0.632. The lowest BCUT2D eigenvalue weighted by Crippen LogP contribution is -2.47. The summed E-state index contributed by atoms with van der Waals surface area (Å²) in [6.07, 6.45) is 0. The molecule has 2 amide bonds. The number of aromatic nitrogens is 1. The average Bonchev–Trinajstić information content (AvgIpc) is 3.15. The molecule has 0 radical (unpaired) electrons. The van der Waals surface area contributed by atoms with Crippen LogP contribution in [0.25, 0.3) is 11.3 Å². The van der Waals surface area contributed by atoms with Gasteiger partial charge in [0.2, 0.25) is 20.4 Å². The van der Waals surface area contributed by atoms with Gasteiger partial charge < -0.3 is 10.3 Å². The van der Waals surface area contributed by atoms with Gasteiger partial charge in [-0.25, -0.2) is 4.98 Å². The smallest absolute Gasteiger partial charge is 0.243 e. The van der Waals surface area contributed by atoms with Gasteiger partial charge in [-0.05, 0) is 18.2 Å². The largest absolute Gasteiger partial charge is 0.372 e. The van der Waals surface area contributed by atoms with Crippen LogP contribution in [0, 0.1) is 0 Å². The third kappa shape index (κ3) is 4.44. The maximum absolute atomic E-state index is 12.6. The highest BCUT2D eigenvalue weighted by atomic mass is 32.1. The number of thiazole rings is 1. The highest BCUT2D eigenvalue weighted by Crippen LogP contribution is 2.24. The fourth-order valence-electron chi connectivity index (χ4n) is 2.45. The van der Waals surface area contributed by atoms with Gasteiger partial charge in [0.25, 0.3) is 0 Å². The van der Waals surface area contributed by atoms with Gasteiger partial charge in [-0.15, -0.1) is 11.3 Å². The summed E-state index contributed by atoms with van der Waals surface area (Å²) in [6, 6.07) is 19.4. The third-order valence-corrected chi connectivity index (χ3v) is 6.83. The number of nitrogens with zero attached hydrogens (tertiary/aromatic N) is 1. The van der Waals surface area contributed by atoms with Crippen molar-refractivity contribution in [2.24, 2.45) is 0 Å². The van der Waals surface area contributed by atoms with Crippen molar-refractivity contribution in [2.75, 3.05) is 5.32 Å². The molecule has 0 unspecified atom stereocenters. The lowest BCUT2D eigenvalue weighted by Gasteiger charge is -2.14. The second kappa shape index (κ2) is 8.55. The molecular weight excluding hydrogens is 362 g/mol. The van der Waals surface area contributed by atoms with Crippen LogP contribution in [-0.2, 0) is 0 Å². The molecule has 0 aliphatic carbocycles. The van der Waals surface area contributed by atoms with Crippen molar-refractivity contribution in [1.29, 1.82) is 0 Å². The molecule has 1 aromatic heterocycles. The zero-order valence-corrected chi connectivity index (χ0v) is 16.3. The first kappa shape index (κ1) is 18.0. The third-order valence-electron chi connectivity index (χ3n) is 3.87. The van der Waals surface area contributed by atoms with Gasteiger partial charge >= 0.3 is 0 Å². The molecule has 0 bridgehead atoms. The molecule has 0 fully saturated rings. The fourth-order valence-corrected chi connectivity index (χ4v) is 4.78. The predicted octanol–water partition coefficient (Wildman–Crippen LogP) is 4.10. The molecule has 3 aromatic rings. The van der Waals surface area contributed by atoms with E-state index in [0.29, 0.717) is 16.7 Å². The molecule has 2 N–H and O–H groups in total. The molecular formula is C19H19N3O2SSi. The number of benzene rings is 2. The Labute approximate surface area is 157 Å². The first-order chi connectivity index (χ1) is 12.7. The van der Waals surface area contributed by atoms with Crippen molar-refractivity contribution < 1.29 is 9.59 Å². The number of rotatable bonds is 6. The molecule has 1 heterocycles. The van der Waals surface area contributed by atoms with E-state index in [9.17, 15) is 9.59 Å². The summed E-state index contributed by atoms with van der Waals surface area (Å²) in [5, 5.41) is 5.32. The Morgan fingerprint density at radius 3 is 2.35 bits per heavy atom. The minimum Gasteiger partial charge on any atom is -0.372 e. The molecule has 5 nitrogen and oxygen atoms in total. The summed E-state index contributed by atoms with van der Waals surface area (Å²) in [6.45, 7) is 1.92. The molecule has 0 aliphatic rings. The number of carbonyl (C=O) groups excluding carboxylic acids is 2. The Bertz CT molecular complexity index is 884. The van der Waals surface area contributed by atoms with E-state index in [1.165, 1.54) is 11.3 Å². The van der Waals surface area contributed by atoms with Crippen LogP contribution >= 0.6 is 11.3 Å². The molecule has 26 heavy (non-hydrogen) atoms. The van der Waals surface area contributed by atoms with Crippen molar-refractivity contribution in [1.82, 2.24) is 9.97 Å². The van der Waals surface area contributed by atoms with Crippen molar-refractivity contribution in [3.8, 4) is 11.3 Å². The maximum Gasteiger partial charge on any atom is 0.243 e. The Balaban J connectivity index is 1.64. The first-order valence-electron chi connectivity index (χ1n) is 8.35. The minimum atomic E-state index is -2.15. The van der Waals surface area contributed by atoms with Crippen LogP contribution < -0.4 is 10.3 Å². The number of hydrogen-bond donors (Lipinski definition) is 2. The fraction of sp³-hybridized carbons (Fsp3) is 0.105. The van der Waals surface area contributed by atoms with E-state index in [4.69, 9.17) is 0 Å². The van der Waals surface area contributed by atoms with Gasteiger partial charge in [0.05, 0.1) is 5.69 Å². The molecule has 1 atom stereocenters. The van der Waals surface area contributed by atoms with Crippen molar-refractivity contribution >= 4 is 36.9 Å². The van der Waals surface area contributed by atoms with E-state index in [1.54, 1.807) is 24.3 Å². The number of amides is 2. The van der Waals surface area contributed by atoms with Crippen LogP contribution in [0.5, 0.6) is 0 Å². The van der Waals surface area contributed by atoms with Crippen LogP contribution in [0.2, 0.25) is 6.04 Å². The van der Waals surface area contributed by atoms with Crippen molar-refractivity contribution in [3.63, 3.8) is 0 Å². The normalized spacial score (nSPS) is 11.6. The van der Waals surface area contributed by atoms with E-state index >= 15 is 0 Å². The number of carbonyl (C=O) groups is 2. The second-order valence-corrected chi connectivity index (χ2v) is 9.29. The van der Waals surface area contributed by atoms with Gasteiger partial charge in [0.1, 0.15) is 0 Å².